The number of rotatable bonds is 7. The predicted octanol–water partition coefficient (Wildman–Crippen LogP) is 4.22. The van der Waals surface area contributed by atoms with Crippen LogP contribution >= 0.6 is 0 Å². The summed E-state index contributed by atoms with van der Waals surface area (Å²) >= 11 is 0. The summed E-state index contributed by atoms with van der Waals surface area (Å²) in [4.78, 5) is 19.3. The fourth-order valence-electron chi connectivity index (χ4n) is 3.08. The van der Waals surface area contributed by atoms with Crippen molar-refractivity contribution in [3.8, 4) is 5.75 Å². The van der Waals surface area contributed by atoms with Crippen molar-refractivity contribution < 1.29 is 22.7 Å². The summed E-state index contributed by atoms with van der Waals surface area (Å²) in [6.45, 7) is 0.265. The number of aromatic nitrogens is 2. The number of nitrogens with zero attached hydrogens (tertiary/aromatic N) is 2. The van der Waals surface area contributed by atoms with Crippen molar-refractivity contribution in [1.29, 1.82) is 0 Å². The largest absolute Gasteiger partial charge is 0.492 e. The van der Waals surface area contributed by atoms with Gasteiger partial charge in [-0.2, -0.15) is 18.2 Å². The maximum atomic E-state index is 13.4. The molecule has 160 valence electrons. The Morgan fingerprint density at radius 2 is 1.94 bits per heavy atom. The Morgan fingerprint density at radius 1 is 1.13 bits per heavy atom. The molecule has 1 aliphatic heterocycles. The fraction of sp³-hybridized carbons (Fsp3) is 0.190. The SMILES string of the molecule is O=C1Cc2cc(Nc3ncc(C(F)(F)F)c(NCCOc4ccccc4)n3)ccc2N1. The van der Waals surface area contributed by atoms with E-state index in [0.717, 1.165) is 11.8 Å². The third-order valence-corrected chi connectivity index (χ3v) is 4.49. The third kappa shape index (κ3) is 5.03. The molecular weight excluding hydrogens is 411 g/mol. The molecule has 0 aliphatic carbocycles. The monoisotopic (exact) mass is 429 g/mol. The number of hydrogen-bond donors (Lipinski definition) is 3. The van der Waals surface area contributed by atoms with Crippen LogP contribution in [0.25, 0.3) is 0 Å². The molecule has 31 heavy (non-hydrogen) atoms. The minimum absolute atomic E-state index is 0.00305. The first-order valence-corrected chi connectivity index (χ1v) is 9.44. The van der Waals surface area contributed by atoms with Gasteiger partial charge in [-0.3, -0.25) is 4.79 Å². The molecule has 3 N–H and O–H groups in total. The molecule has 0 spiro atoms. The number of benzene rings is 2. The number of alkyl halides is 3. The first-order chi connectivity index (χ1) is 14.9. The molecule has 0 unspecified atom stereocenters. The van der Waals surface area contributed by atoms with Crippen LogP contribution in [0.1, 0.15) is 11.1 Å². The van der Waals surface area contributed by atoms with Crippen LogP contribution in [0.4, 0.5) is 36.3 Å². The van der Waals surface area contributed by atoms with E-state index in [0.29, 0.717) is 17.1 Å². The maximum absolute atomic E-state index is 13.4. The van der Waals surface area contributed by atoms with Gasteiger partial charge in [0.15, 0.2) is 0 Å². The van der Waals surface area contributed by atoms with Crippen molar-refractivity contribution in [2.75, 3.05) is 29.1 Å². The van der Waals surface area contributed by atoms with E-state index in [1.54, 1.807) is 42.5 Å². The number of ether oxygens (including phenoxy) is 1. The number of hydrogen-bond acceptors (Lipinski definition) is 6. The lowest BCUT2D eigenvalue weighted by Crippen LogP contribution is -2.18. The van der Waals surface area contributed by atoms with E-state index < -0.39 is 11.7 Å². The van der Waals surface area contributed by atoms with Crippen LogP contribution in [0.5, 0.6) is 5.75 Å². The summed E-state index contributed by atoms with van der Waals surface area (Å²) in [6.07, 6.45) is -3.64. The maximum Gasteiger partial charge on any atom is 0.421 e. The highest BCUT2D eigenvalue weighted by Gasteiger charge is 2.35. The second-order valence-electron chi connectivity index (χ2n) is 6.76. The average molecular weight is 429 g/mol. The van der Waals surface area contributed by atoms with Crippen LogP contribution in [-0.4, -0.2) is 29.0 Å². The molecule has 3 aromatic rings. The topological polar surface area (TPSA) is 88.2 Å². The Labute approximate surface area is 175 Å². The average Bonchev–Trinajstić information content (AvgIpc) is 3.10. The number of nitrogens with one attached hydrogen (secondary N) is 3. The normalized spacial score (nSPS) is 12.8. The molecule has 2 aromatic carbocycles. The van der Waals surface area contributed by atoms with Gasteiger partial charge >= 0.3 is 6.18 Å². The van der Waals surface area contributed by atoms with Crippen molar-refractivity contribution >= 4 is 29.0 Å². The van der Waals surface area contributed by atoms with Crippen LogP contribution in [0.15, 0.2) is 54.7 Å². The van der Waals surface area contributed by atoms with Gasteiger partial charge in [0.05, 0.1) is 13.0 Å². The molecular formula is C21H18F3N5O2. The molecule has 2 heterocycles. The van der Waals surface area contributed by atoms with E-state index in [9.17, 15) is 18.0 Å². The summed E-state index contributed by atoms with van der Waals surface area (Å²) in [5.41, 5.74) is 1.10. The van der Waals surface area contributed by atoms with Gasteiger partial charge in [0.1, 0.15) is 23.7 Å². The third-order valence-electron chi connectivity index (χ3n) is 4.49. The molecule has 0 saturated heterocycles. The molecule has 4 rings (SSSR count). The highest BCUT2D eigenvalue weighted by atomic mass is 19.4. The van der Waals surface area contributed by atoms with Crippen molar-refractivity contribution in [2.45, 2.75) is 12.6 Å². The quantitative estimate of drug-likeness (QED) is 0.488. The van der Waals surface area contributed by atoms with Gasteiger partial charge in [0, 0.05) is 17.6 Å². The number of halogens is 3. The smallest absolute Gasteiger partial charge is 0.421 e. The summed E-state index contributed by atoms with van der Waals surface area (Å²) in [6, 6.07) is 14.1. The number of carbonyl (C=O) groups is 1. The summed E-state index contributed by atoms with van der Waals surface area (Å²) in [5.74, 6) is 0.161. The molecule has 7 nitrogen and oxygen atoms in total. The molecule has 1 aliphatic rings. The second kappa shape index (κ2) is 8.50. The van der Waals surface area contributed by atoms with Crippen LogP contribution in [0.3, 0.4) is 0 Å². The lowest BCUT2D eigenvalue weighted by molar-refractivity contribution is -0.137. The van der Waals surface area contributed by atoms with E-state index in [-0.39, 0.29) is 37.2 Å². The molecule has 0 fully saturated rings. The molecule has 0 atom stereocenters. The number of anilines is 4. The van der Waals surface area contributed by atoms with Gasteiger partial charge in [-0.15, -0.1) is 0 Å². The number of para-hydroxylation sites is 1. The van der Waals surface area contributed by atoms with Crippen LogP contribution in [0, 0.1) is 0 Å². The molecule has 0 bridgehead atoms. The molecule has 1 amide bonds. The van der Waals surface area contributed by atoms with Crippen molar-refractivity contribution in [2.24, 2.45) is 0 Å². The van der Waals surface area contributed by atoms with Gasteiger partial charge in [-0.1, -0.05) is 18.2 Å². The van der Waals surface area contributed by atoms with Gasteiger partial charge in [-0.25, -0.2) is 4.98 Å². The zero-order valence-electron chi connectivity index (χ0n) is 16.2. The minimum atomic E-state index is -4.61. The van der Waals surface area contributed by atoms with Crippen molar-refractivity contribution in [3.05, 3.63) is 65.9 Å². The van der Waals surface area contributed by atoms with Crippen LogP contribution in [0.2, 0.25) is 0 Å². The van der Waals surface area contributed by atoms with E-state index in [1.807, 2.05) is 6.07 Å². The Hall–Kier alpha value is -3.82. The standard InChI is InChI=1S/C21H18F3N5O2/c22-21(23,24)16-12-26-20(27-14-6-7-17-13(10-14)11-18(30)28-17)29-19(16)25-8-9-31-15-4-2-1-3-5-15/h1-7,10,12H,8-9,11H2,(H,28,30)(H2,25,26,27,29). The highest BCUT2D eigenvalue weighted by Crippen LogP contribution is 2.34. The Balaban J connectivity index is 1.47. The first-order valence-electron chi connectivity index (χ1n) is 9.44. The second-order valence-corrected chi connectivity index (χ2v) is 6.76. The zero-order valence-corrected chi connectivity index (χ0v) is 16.2. The van der Waals surface area contributed by atoms with E-state index in [4.69, 9.17) is 4.74 Å². The van der Waals surface area contributed by atoms with Gasteiger partial charge in [0.25, 0.3) is 0 Å². The Kier molecular flexibility index (Phi) is 5.61. The van der Waals surface area contributed by atoms with E-state index >= 15 is 0 Å². The summed E-state index contributed by atoms with van der Waals surface area (Å²) < 4.78 is 45.6. The van der Waals surface area contributed by atoms with E-state index in [2.05, 4.69) is 25.9 Å². The fourth-order valence-corrected chi connectivity index (χ4v) is 3.08. The van der Waals surface area contributed by atoms with E-state index in [1.165, 1.54) is 0 Å². The Morgan fingerprint density at radius 3 is 2.71 bits per heavy atom. The highest BCUT2D eigenvalue weighted by molar-refractivity contribution is 5.99. The lowest BCUT2D eigenvalue weighted by atomic mass is 10.1. The van der Waals surface area contributed by atoms with Gasteiger partial charge < -0.3 is 20.7 Å². The zero-order chi connectivity index (χ0) is 21.8. The molecule has 10 heteroatoms. The van der Waals surface area contributed by atoms with Gasteiger partial charge in [-0.05, 0) is 35.9 Å². The number of amides is 1. The predicted molar refractivity (Wildman–Crippen MR) is 110 cm³/mol. The summed E-state index contributed by atoms with van der Waals surface area (Å²) in [5, 5.41) is 8.27. The van der Waals surface area contributed by atoms with Gasteiger partial charge in [0.2, 0.25) is 11.9 Å². The van der Waals surface area contributed by atoms with Crippen molar-refractivity contribution in [3.63, 3.8) is 0 Å². The lowest BCUT2D eigenvalue weighted by Gasteiger charge is -2.15. The molecule has 0 saturated carbocycles. The number of carbonyl (C=O) groups excluding carboxylic acids is 1. The minimum Gasteiger partial charge on any atom is -0.492 e. The molecule has 1 aromatic heterocycles. The van der Waals surface area contributed by atoms with Crippen LogP contribution in [-0.2, 0) is 17.4 Å². The molecule has 0 radical (unpaired) electrons. The number of fused-ring (bicyclic) bond motifs is 1. The van der Waals surface area contributed by atoms with Crippen molar-refractivity contribution in [1.82, 2.24) is 9.97 Å². The van der Waals surface area contributed by atoms with Crippen LogP contribution < -0.4 is 20.7 Å². The summed E-state index contributed by atoms with van der Waals surface area (Å²) in [7, 11) is 0. The Bertz CT molecular complexity index is 1090. The first kappa shape index (κ1) is 20.5.